The van der Waals surface area contributed by atoms with Crippen molar-refractivity contribution in [2.45, 2.75) is 39.2 Å². The van der Waals surface area contributed by atoms with Crippen LogP contribution >= 0.6 is 0 Å². The molecule has 2 N–H and O–H groups in total. The summed E-state index contributed by atoms with van der Waals surface area (Å²) in [6.07, 6.45) is 9.43. The molecule has 0 bridgehead atoms. The Balaban J connectivity index is 1.60. The third-order valence-corrected chi connectivity index (χ3v) is 6.54. The zero-order valence-electron chi connectivity index (χ0n) is 20.2. The molecular formula is C30H31NO4. The number of carboxylic acid groups (broad SMARTS) is 1. The number of carbonyl (C=O) groups excluding carboxylic acids is 1. The molecule has 5 nitrogen and oxygen atoms in total. The van der Waals surface area contributed by atoms with Crippen molar-refractivity contribution in [1.82, 2.24) is 5.32 Å². The SMILES string of the molecule is Cc1cc(C=C(COc2cccc3ccccc23)C(=O)NC(C)C2C=CCCC2)ccc1C(=O)O. The second-order valence-corrected chi connectivity index (χ2v) is 9.10. The summed E-state index contributed by atoms with van der Waals surface area (Å²) in [7, 11) is 0. The molecule has 0 saturated heterocycles. The summed E-state index contributed by atoms with van der Waals surface area (Å²) in [5.41, 5.74) is 2.12. The third-order valence-electron chi connectivity index (χ3n) is 6.54. The van der Waals surface area contributed by atoms with E-state index >= 15 is 0 Å². The number of nitrogens with one attached hydrogen (secondary N) is 1. The molecule has 3 aromatic rings. The van der Waals surface area contributed by atoms with Crippen molar-refractivity contribution in [3.8, 4) is 5.75 Å². The van der Waals surface area contributed by atoms with Gasteiger partial charge in [-0.2, -0.15) is 0 Å². The highest BCUT2D eigenvalue weighted by Gasteiger charge is 2.21. The maximum Gasteiger partial charge on any atom is 0.335 e. The second-order valence-electron chi connectivity index (χ2n) is 9.10. The van der Waals surface area contributed by atoms with Gasteiger partial charge in [-0.15, -0.1) is 0 Å². The summed E-state index contributed by atoms with van der Waals surface area (Å²) >= 11 is 0. The van der Waals surface area contributed by atoms with Gasteiger partial charge in [0.2, 0.25) is 0 Å². The first-order chi connectivity index (χ1) is 16.9. The van der Waals surface area contributed by atoms with E-state index in [1.54, 1.807) is 31.2 Å². The third kappa shape index (κ3) is 5.99. The van der Waals surface area contributed by atoms with Gasteiger partial charge in [0.1, 0.15) is 12.4 Å². The molecule has 2 unspecified atom stereocenters. The predicted octanol–water partition coefficient (Wildman–Crippen LogP) is 6.17. The van der Waals surface area contributed by atoms with Gasteiger partial charge in [-0.05, 0) is 73.7 Å². The van der Waals surface area contributed by atoms with Crippen LogP contribution in [0.4, 0.5) is 0 Å². The molecule has 3 aromatic carbocycles. The van der Waals surface area contributed by atoms with Crippen LogP contribution in [0.3, 0.4) is 0 Å². The predicted molar refractivity (Wildman–Crippen MR) is 140 cm³/mol. The van der Waals surface area contributed by atoms with E-state index in [1.165, 1.54) is 0 Å². The van der Waals surface area contributed by atoms with Crippen LogP contribution in [-0.2, 0) is 4.79 Å². The Hall–Kier alpha value is -3.86. The van der Waals surface area contributed by atoms with E-state index in [9.17, 15) is 14.7 Å². The Bertz CT molecular complexity index is 1290. The molecule has 0 saturated carbocycles. The topological polar surface area (TPSA) is 75.6 Å². The normalized spacial score (nSPS) is 16.6. The zero-order valence-corrected chi connectivity index (χ0v) is 20.2. The molecule has 0 aliphatic heterocycles. The number of rotatable bonds is 8. The number of carbonyl (C=O) groups is 2. The van der Waals surface area contributed by atoms with Crippen molar-refractivity contribution in [1.29, 1.82) is 0 Å². The van der Waals surface area contributed by atoms with Gasteiger partial charge >= 0.3 is 5.97 Å². The van der Waals surface area contributed by atoms with Gasteiger partial charge in [0.25, 0.3) is 5.91 Å². The number of carboxylic acids is 1. The number of allylic oxidation sites excluding steroid dienone is 1. The summed E-state index contributed by atoms with van der Waals surface area (Å²) < 4.78 is 6.16. The highest BCUT2D eigenvalue weighted by atomic mass is 16.5. The number of ether oxygens (including phenoxy) is 1. The van der Waals surface area contributed by atoms with E-state index in [0.29, 0.717) is 22.8 Å². The first-order valence-corrected chi connectivity index (χ1v) is 12.0. The van der Waals surface area contributed by atoms with Crippen LogP contribution in [0.25, 0.3) is 16.8 Å². The van der Waals surface area contributed by atoms with E-state index < -0.39 is 5.97 Å². The molecule has 180 valence electrons. The number of benzene rings is 3. The second kappa shape index (κ2) is 11.0. The lowest BCUT2D eigenvalue weighted by atomic mass is 9.90. The quantitative estimate of drug-likeness (QED) is 0.306. The van der Waals surface area contributed by atoms with Crippen molar-refractivity contribution in [3.63, 3.8) is 0 Å². The van der Waals surface area contributed by atoms with Crippen LogP contribution in [0.2, 0.25) is 0 Å². The number of aromatic carboxylic acids is 1. The van der Waals surface area contributed by atoms with E-state index in [0.717, 1.165) is 35.6 Å². The Kier molecular flexibility index (Phi) is 7.66. The molecule has 5 heteroatoms. The molecule has 1 aliphatic rings. The lowest BCUT2D eigenvalue weighted by molar-refractivity contribution is -0.118. The number of aryl methyl sites for hydroxylation is 1. The van der Waals surface area contributed by atoms with E-state index in [-0.39, 0.29) is 24.1 Å². The summed E-state index contributed by atoms with van der Waals surface area (Å²) in [6.45, 7) is 3.88. The molecule has 35 heavy (non-hydrogen) atoms. The van der Waals surface area contributed by atoms with Crippen LogP contribution < -0.4 is 10.1 Å². The lowest BCUT2D eigenvalue weighted by Gasteiger charge is -2.25. The summed E-state index contributed by atoms with van der Waals surface area (Å²) in [5.74, 6) is -0.131. The Morgan fingerprint density at radius 3 is 2.69 bits per heavy atom. The van der Waals surface area contributed by atoms with Gasteiger partial charge < -0.3 is 15.2 Å². The van der Waals surface area contributed by atoms with Crippen LogP contribution in [0, 0.1) is 12.8 Å². The van der Waals surface area contributed by atoms with E-state index in [1.807, 2.05) is 49.4 Å². The Morgan fingerprint density at radius 1 is 1.14 bits per heavy atom. The monoisotopic (exact) mass is 469 g/mol. The van der Waals surface area contributed by atoms with Crippen LogP contribution in [0.15, 0.2) is 78.4 Å². The van der Waals surface area contributed by atoms with Gasteiger partial charge in [-0.25, -0.2) is 4.79 Å². The van der Waals surface area contributed by atoms with E-state index in [4.69, 9.17) is 4.74 Å². The fraction of sp³-hybridized carbons (Fsp3) is 0.267. The molecular weight excluding hydrogens is 438 g/mol. The van der Waals surface area contributed by atoms with Crippen molar-refractivity contribution in [2.75, 3.05) is 6.61 Å². The molecule has 0 spiro atoms. The average molecular weight is 470 g/mol. The fourth-order valence-corrected chi connectivity index (χ4v) is 4.53. The van der Waals surface area contributed by atoms with Crippen molar-refractivity contribution < 1.29 is 19.4 Å². The lowest BCUT2D eigenvalue weighted by Crippen LogP contribution is -2.39. The molecule has 2 atom stereocenters. The minimum Gasteiger partial charge on any atom is -0.488 e. The largest absolute Gasteiger partial charge is 0.488 e. The zero-order chi connectivity index (χ0) is 24.8. The van der Waals surface area contributed by atoms with Gasteiger partial charge in [-0.1, -0.05) is 60.7 Å². The molecule has 0 fully saturated rings. The number of amides is 1. The maximum atomic E-state index is 13.4. The highest BCUT2D eigenvalue weighted by Crippen LogP contribution is 2.26. The van der Waals surface area contributed by atoms with Crippen molar-refractivity contribution >= 4 is 28.7 Å². The first kappa shape index (κ1) is 24.3. The number of hydrogen-bond donors (Lipinski definition) is 2. The molecule has 1 amide bonds. The summed E-state index contributed by atoms with van der Waals surface area (Å²) in [5, 5.41) is 14.5. The van der Waals surface area contributed by atoms with Crippen LogP contribution in [0.5, 0.6) is 5.75 Å². The van der Waals surface area contributed by atoms with Crippen molar-refractivity contribution in [3.05, 3.63) is 95.1 Å². The van der Waals surface area contributed by atoms with Gasteiger partial charge in [-0.3, -0.25) is 4.79 Å². The van der Waals surface area contributed by atoms with E-state index in [2.05, 4.69) is 17.5 Å². The maximum absolute atomic E-state index is 13.4. The fourth-order valence-electron chi connectivity index (χ4n) is 4.53. The highest BCUT2D eigenvalue weighted by molar-refractivity contribution is 5.99. The molecule has 1 aliphatic carbocycles. The number of fused-ring (bicyclic) bond motifs is 1. The van der Waals surface area contributed by atoms with Gasteiger partial charge in [0, 0.05) is 11.4 Å². The van der Waals surface area contributed by atoms with Crippen molar-refractivity contribution in [2.24, 2.45) is 5.92 Å². The first-order valence-electron chi connectivity index (χ1n) is 12.0. The Labute approximate surface area is 206 Å². The summed E-state index contributed by atoms with van der Waals surface area (Å²) in [4.78, 5) is 24.8. The minimum atomic E-state index is -0.968. The molecule has 0 radical (unpaired) electrons. The van der Waals surface area contributed by atoms with Gasteiger partial charge in [0.05, 0.1) is 11.1 Å². The molecule has 4 rings (SSSR count). The smallest absolute Gasteiger partial charge is 0.335 e. The minimum absolute atomic E-state index is 0.00359. The van der Waals surface area contributed by atoms with Crippen LogP contribution in [0.1, 0.15) is 47.7 Å². The molecule has 0 aromatic heterocycles. The summed E-state index contributed by atoms with van der Waals surface area (Å²) in [6, 6.07) is 18.9. The van der Waals surface area contributed by atoms with Crippen LogP contribution in [-0.4, -0.2) is 29.6 Å². The molecule has 0 heterocycles. The van der Waals surface area contributed by atoms with Gasteiger partial charge in [0.15, 0.2) is 0 Å². The average Bonchev–Trinajstić information content (AvgIpc) is 2.86. The Morgan fingerprint density at radius 2 is 1.94 bits per heavy atom. The number of hydrogen-bond acceptors (Lipinski definition) is 3. The standard InChI is InChI=1S/C30H31NO4/c1-20-17-22(15-16-26(20)30(33)34)18-25(29(32)31-21(2)23-9-4-3-5-10-23)19-35-28-14-8-12-24-11-6-7-13-27(24)28/h4,6-9,11-18,21,23H,3,5,10,19H2,1-2H3,(H,31,32)(H,33,34).